The summed E-state index contributed by atoms with van der Waals surface area (Å²) in [7, 11) is 0. The first-order chi connectivity index (χ1) is 8.93. The molecule has 0 fully saturated rings. The van der Waals surface area contributed by atoms with Crippen LogP contribution in [0.4, 0.5) is 0 Å². The summed E-state index contributed by atoms with van der Waals surface area (Å²) in [6, 6.07) is 3.90. The maximum atomic E-state index is 5.65. The van der Waals surface area contributed by atoms with Gasteiger partial charge in [0.15, 0.2) is 0 Å². The van der Waals surface area contributed by atoms with Crippen LogP contribution in [0, 0.1) is 0 Å². The van der Waals surface area contributed by atoms with Gasteiger partial charge in [-0.25, -0.2) is 4.68 Å². The molecular weight excluding hydrogens is 230 g/mol. The number of aromatic nitrogens is 4. The Kier molecular flexibility index (Phi) is 3.29. The fourth-order valence-corrected chi connectivity index (χ4v) is 1.99. The highest BCUT2D eigenvalue weighted by Crippen LogP contribution is 2.10. The molecule has 0 atom stereocenters. The molecule has 1 aliphatic rings. The second-order valence-electron chi connectivity index (χ2n) is 4.24. The molecule has 3 heterocycles. The third-order valence-corrected chi connectivity index (χ3v) is 2.94. The van der Waals surface area contributed by atoms with Crippen molar-refractivity contribution in [3.8, 4) is 0 Å². The van der Waals surface area contributed by atoms with E-state index < -0.39 is 0 Å². The van der Waals surface area contributed by atoms with Crippen molar-refractivity contribution >= 4 is 0 Å². The largest absolute Gasteiger partial charge is 0.370 e. The van der Waals surface area contributed by atoms with Crippen LogP contribution < -0.4 is 5.32 Å². The Morgan fingerprint density at radius 2 is 2.39 bits per heavy atom. The van der Waals surface area contributed by atoms with Gasteiger partial charge in [0.2, 0.25) is 0 Å². The molecule has 0 aliphatic carbocycles. The van der Waals surface area contributed by atoms with E-state index in [4.69, 9.17) is 4.74 Å². The molecule has 0 saturated heterocycles. The molecule has 0 spiro atoms. The van der Waals surface area contributed by atoms with Crippen LogP contribution in [0.5, 0.6) is 0 Å². The summed E-state index contributed by atoms with van der Waals surface area (Å²) in [4.78, 5) is 4.05. The van der Waals surface area contributed by atoms with E-state index in [1.165, 1.54) is 0 Å². The van der Waals surface area contributed by atoms with Gasteiger partial charge in [-0.1, -0.05) is 11.3 Å². The molecule has 18 heavy (non-hydrogen) atoms. The fraction of sp³-hybridized carbons (Fsp3) is 0.417. The van der Waals surface area contributed by atoms with Gasteiger partial charge in [0, 0.05) is 25.5 Å². The molecule has 1 N–H and O–H groups in total. The van der Waals surface area contributed by atoms with Crippen LogP contribution >= 0.6 is 0 Å². The summed E-state index contributed by atoms with van der Waals surface area (Å²) in [6.45, 7) is 3.69. The van der Waals surface area contributed by atoms with Crippen LogP contribution in [0.15, 0.2) is 24.5 Å². The minimum absolute atomic E-state index is 0.492. The Balaban J connectivity index is 1.59. The van der Waals surface area contributed by atoms with Crippen LogP contribution in [0.3, 0.4) is 0 Å². The Labute approximate surface area is 105 Å². The van der Waals surface area contributed by atoms with E-state index in [0.29, 0.717) is 13.2 Å². The summed E-state index contributed by atoms with van der Waals surface area (Å²) in [5, 5.41) is 11.6. The molecule has 2 aromatic rings. The van der Waals surface area contributed by atoms with Crippen LogP contribution in [0.1, 0.15) is 17.0 Å². The monoisotopic (exact) mass is 245 g/mol. The lowest BCUT2D eigenvalue weighted by molar-refractivity contribution is 0.103. The summed E-state index contributed by atoms with van der Waals surface area (Å²) >= 11 is 0. The molecule has 6 nitrogen and oxygen atoms in total. The number of hydrogen-bond acceptors (Lipinski definition) is 5. The average Bonchev–Trinajstić information content (AvgIpc) is 2.84. The highest BCUT2D eigenvalue weighted by atomic mass is 16.5. The maximum absolute atomic E-state index is 5.65. The zero-order chi connectivity index (χ0) is 12.2. The highest BCUT2D eigenvalue weighted by Gasteiger charge is 2.15. The number of ether oxygens (including phenoxy) is 1. The lowest BCUT2D eigenvalue weighted by Gasteiger charge is -2.14. The van der Waals surface area contributed by atoms with Gasteiger partial charge < -0.3 is 10.1 Å². The van der Waals surface area contributed by atoms with Gasteiger partial charge in [-0.05, 0) is 11.6 Å². The van der Waals surface area contributed by atoms with Gasteiger partial charge in [-0.3, -0.25) is 4.98 Å². The lowest BCUT2D eigenvalue weighted by Crippen LogP contribution is -2.29. The number of fused-ring (bicyclic) bond motifs is 1. The van der Waals surface area contributed by atoms with E-state index in [9.17, 15) is 0 Å². The summed E-state index contributed by atoms with van der Waals surface area (Å²) in [6.07, 6.45) is 3.56. The Bertz CT molecular complexity index is 510. The van der Waals surface area contributed by atoms with Crippen LogP contribution in [0.25, 0.3) is 0 Å². The van der Waals surface area contributed by atoms with Crippen molar-refractivity contribution in [3.63, 3.8) is 0 Å². The number of pyridine rings is 1. The summed E-state index contributed by atoms with van der Waals surface area (Å²) in [5.41, 5.74) is 3.12. The maximum Gasteiger partial charge on any atom is 0.113 e. The molecule has 0 bridgehead atoms. The van der Waals surface area contributed by atoms with Gasteiger partial charge in [-0.2, -0.15) is 0 Å². The minimum atomic E-state index is 0.492. The van der Waals surface area contributed by atoms with Crippen molar-refractivity contribution < 1.29 is 4.74 Å². The lowest BCUT2D eigenvalue weighted by atomic mass is 10.3. The zero-order valence-electron chi connectivity index (χ0n) is 10.0. The van der Waals surface area contributed by atoms with Gasteiger partial charge in [0.25, 0.3) is 0 Å². The van der Waals surface area contributed by atoms with Crippen molar-refractivity contribution in [1.82, 2.24) is 25.3 Å². The smallest absolute Gasteiger partial charge is 0.113 e. The first kappa shape index (κ1) is 11.3. The average molecular weight is 245 g/mol. The summed E-state index contributed by atoms with van der Waals surface area (Å²) < 4.78 is 7.59. The predicted octanol–water partition coefficient (Wildman–Crippen LogP) is 0.493. The number of rotatable bonds is 4. The molecule has 0 radical (unpaired) electrons. The Morgan fingerprint density at radius 3 is 3.28 bits per heavy atom. The molecule has 6 heteroatoms. The third-order valence-electron chi connectivity index (χ3n) is 2.94. The van der Waals surface area contributed by atoms with Gasteiger partial charge in [-0.15, -0.1) is 5.10 Å². The molecular formula is C12H15N5O. The molecule has 3 rings (SSSR count). The van der Waals surface area contributed by atoms with E-state index in [2.05, 4.69) is 20.6 Å². The topological polar surface area (TPSA) is 64.9 Å². The minimum Gasteiger partial charge on any atom is -0.370 e. The van der Waals surface area contributed by atoms with Gasteiger partial charge >= 0.3 is 0 Å². The first-order valence-corrected chi connectivity index (χ1v) is 6.02. The molecule has 0 amide bonds. The highest BCUT2D eigenvalue weighted by molar-refractivity contribution is 5.11. The fourth-order valence-electron chi connectivity index (χ4n) is 1.99. The van der Waals surface area contributed by atoms with E-state index in [0.717, 1.165) is 36.6 Å². The van der Waals surface area contributed by atoms with E-state index >= 15 is 0 Å². The van der Waals surface area contributed by atoms with Crippen molar-refractivity contribution in [2.45, 2.75) is 26.3 Å². The van der Waals surface area contributed by atoms with E-state index in [-0.39, 0.29) is 0 Å². The molecule has 0 unspecified atom stereocenters. The standard InChI is InChI=1S/C12H15N5O/c1-2-10(6-13-3-1)8-18-9-11-12-7-14-4-5-17(12)16-15-11/h1-3,6,14H,4-5,7-9H2. The number of nitrogens with one attached hydrogen (secondary N) is 1. The summed E-state index contributed by atoms with van der Waals surface area (Å²) in [5.74, 6) is 0. The zero-order valence-corrected chi connectivity index (χ0v) is 10.0. The first-order valence-electron chi connectivity index (χ1n) is 6.02. The molecule has 2 aromatic heterocycles. The molecule has 0 aromatic carbocycles. The SMILES string of the molecule is c1cncc(COCc2nnn3c2CNCC3)c1. The van der Waals surface area contributed by atoms with Gasteiger partial charge in [0.1, 0.15) is 5.69 Å². The van der Waals surface area contributed by atoms with Crippen LogP contribution in [0.2, 0.25) is 0 Å². The Hall–Kier alpha value is -1.79. The Morgan fingerprint density at radius 1 is 1.39 bits per heavy atom. The molecule has 94 valence electrons. The van der Waals surface area contributed by atoms with Crippen molar-refractivity contribution in [2.75, 3.05) is 6.54 Å². The van der Waals surface area contributed by atoms with Gasteiger partial charge in [0.05, 0.1) is 25.5 Å². The van der Waals surface area contributed by atoms with Crippen molar-refractivity contribution in [1.29, 1.82) is 0 Å². The predicted molar refractivity (Wildman–Crippen MR) is 64.5 cm³/mol. The number of hydrogen-bond donors (Lipinski definition) is 1. The van der Waals surface area contributed by atoms with E-state index in [1.807, 2.05) is 23.0 Å². The van der Waals surface area contributed by atoms with E-state index in [1.54, 1.807) is 6.20 Å². The second kappa shape index (κ2) is 5.24. The van der Waals surface area contributed by atoms with Crippen LogP contribution in [-0.4, -0.2) is 26.5 Å². The van der Waals surface area contributed by atoms with Crippen molar-refractivity contribution in [3.05, 3.63) is 41.5 Å². The van der Waals surface area contributed by atoms with Crippen molar-refractivity contribution in [2.24, 2.45) is 0 Å². The number of nitrogens with zero attached hydrogens (tertiary/aromatic N) is 4. The quantitative estimate of drug-likeness (QED) is 0.849. The third kappa shape index (κ3) is 2.39. The normalized spacial score (nSPS) is 14.4. The molecule has 1 aliphatic heterocycles. The molecule has 0 saturated carbocycles. The van der Waals surface area contributed by atoms with Crippen LogP contribution in [-0.2, 0) is 31.0 Å². The second-order valence-corrected chi connectivity index (χ2v) is 4.24.